The van der Waals surface area contributed by atoms with Crippen LogP contribution in [-0.2, 0) is 11.2 Å². The first kappa shape index (κ1) is 21.3. The van der Waals surface area contributed by atoms with Crippen LogP contribution < -0.4 is 10.6 Å². The molecule has 0 radical (unpaired) electrons. The summed E-state index contributed by atoms with van der Waals surface area (Å²) in [5.74, 6) is 1.03. The third-order valence-corrected chi connectivity index (χ3v) is 5.33. The van der Waals surface area contributed by atoms with E-state index in [0.717, 1.165) is 24.8 Å². The summed E-state index contributed by atoms with van der Waals surface area (Å²) in [7, 11) is 1.67. The van der Waals surface area contributed by atoms with Gasteiger partial charge >= 0.3 is 6.03 Å². The molecule has 0 bridgehead atoms. The van der Waals surface area contributed by atoms with Crippen LogP contribution in [0.15, 0.2) is 24.3 Å². The SMILES string of the molecule is CNC(=O)C1CCN(C(=O)NC(c2ccc(CC(C)C)cc2)C(C)C)CC1. The van der Waals surface area contributed by atoms with Gasteiger partial charge in [0, 0.05) is 26.1 Å². The second-order valence-corrected chi connectivity index (χ2v) is 8.39. The van der Waals surface area contributed by atoms with Crippen LogP contribution in [0.3, 0.4) is 0 Å². The molecule has 150 valence electrons. The molecule has 5 nitrogen and oxygen atoms in total. The number of nitrogens with one attached hydrogen (secondary N) is 2. The molecule has 3 amide bonds. The Bertz CT molecular complexity index is 617. The Morgan fingerprint density at radius 1 is 1.07 bits per heavy atom. The fourth-order valence-corrected chi connectivity index (χ4v) is 3.74. The topological polar surface area (TPSA) is 61.4 Å². The summed E-state index contributed by atoms with van der Waals surface area (Å²) in [6.45, 7) is 9.95. The lowest BCUT2D eigenvalue weighted by atomic mass is 9.93. The van der Waals surface area contributed by atoms with Gasteiger partial charge in [0.25, 0.3) is 0 Å². The zero-order valence-electron chi connectivity index (χ0n) is 17.4. The minimum Gasteiger partial charge on any atom is -0.359 e. The second kappa shape index (κ2) is 9.77. The summed E-state index contributed by atoms with van der Waals surface area (Å²) >= 11 is 0. The van der Waals surface area contributed by atoms with E-state index in [1.165, 1.54) is 5.56 Å². The molecular formula is C22H35N3O2. The molecule has 1 fully saturated rings. The zero-order valence-corrected chi connectivity index (χ0v) is 17.4. The number of piperidine rings is 1. The van der Waals surface area contributed by atoms with Gasteiger partial charge in [0.05, 0.1) is 6.04 Å². The van der Waals surface area contributed by atoms with E-state index < -0.39 is 0 Å². The highest BCUT2D eigenvalue weighted by molar-refractivity contribution is 5.79. The van der Waals surface area contributed by atoms with Gasteiger partial charge in [-0.05, 0) is 42.2 Å². The van der Waals surface area contributed by atoms with Gasteiger partial charge in [0.1, 0.15) is 0 Å². The first-order chi connectivity index (χ1) is 12.8. The van der Waals surface area contributed by atoms with Crippen LogP contribution in [-0.4, -0.2) is 37.0 Å². The van der Waals surface area contributed by atoms with Crippen molar-refractivity contribution >= 4 is 11.9 Å². The largest absolute Gasteiger partial charge is 0.359 e. The molecule has 0 aromatic heterocycles. The maximum absolute atomic E-state index is 12.8. The van der Waals surface area contributed by atoms with Crippen molar-refractivity contribution in [3.05, 3.63) is 35.4 Å². The van der Waals surface area contributed by atoms with Gasteiger partial charge in [-0.15, -0.1) is 0 Å². The number of amides is 3. The summed E-state index contributed by atoms with van der Waals surface area (Å²) in [5.41, 5.74) is 2.48. The smallest absolute Gasteiger partial charge is 0.317 e. The van der Waals surface area contributed by atoms with Gasteiger partial charge in [-0.25, -0.2) is 4.79 Å². The molecule has 2 N–H and O–H groups in total. The lowest BCUT2D eigenvalue weighted by Crippen LogP contribution is -2.48. The van der Waals surface area contributed by atoms with E-state index in [0.29, 0.717) is 24.9 Å². The highest BCUT2D eigenvalue weighted by Crippen LogP contribution is 2.24. The van der Waals surface area contributed by atoms with Crippen molar-refractivity contribution in [2.45, 2.75) is 53.0 Å². The fourth-order valence-electron chi connectivity index (χ4n) is 3.74. The second-order valence-electron chi connectivity index (χ2n) is 8.39. The first-order valence-electron chi connectivity index (χ1n) is 10.2. The minimum absolute atomic E-state index is 0.0118. The predicted molar refractivity (Wildman–Crippen MR) is 109 cm³/mol. The Kier molecular flexibility index (Phi) is 7.69. The lowest BCUT2D eigenvalue weighted by Gasteiger charge is -2.33. The van der Waals surface area contributed by atoms with Crippen LogP contribution in [0.1, 0.15) is 57.7 Å². The molecule has 5 heteroatoms. The quantitative estimate of drug-likeness (QED) is 0.798. The van der Waals surface area contributed by atoms with Crippen molar-refractivity contribution in [3.8, 4) is 0 Å². The molecule has 1 aliphatic rings. The molecule has 2 rings (SSSR count). The van der Waals surface area contributed by atoms with Gasteiger partial charge < -0.3 is 15.5 Å². The van der Waals surface area contributed by atoms with Crippen molar-refractivity contribution in [1.82, 2.24) is 15.5 Å². The van der Waals surface area contributed by atoms with E-state index >= 15 is 0 Å². The summed E-state index contributed by atoms with van der Waals surface area (Å²) in [6, 6.07) is 8.58. The Morgan fingerprint density at radius 2 is 1.67 bits per heavy atom. The van der Waals surface area contributed by atoms with Gasteiger partial charge in [-0.1, -0.05) is 52.0 Å². The van der Waals surface area contributed by atoms with E-state index in [4.69, 9.17) is 0 Å². The average Bonchev–Trinajstić information content (AvgIpc) is 2.65. The normalized spacial score (nSPS) is 16.5. The van der Waals surface area contributed by atoms with Crippen molar-refractivity contribution in [1.29, 1.82) is 0 Å². The zero-order chi connectivity index (χ0) is 20.0. The van der Waals surface area contributed by atoms with E-state index in [-0.39, 0.29) is 23.9 Å². The summed E-state index contributed by atoms with van der Waals surface area (Å²) in [6.07, 6.45) is 2.52. The number of carbonyl (C=O) groups is 2. The van der Waals surface area contributed by atoms with Crippen LogP contribution in [0.25, 0.3) is 0 Å². The molecule has 1 atom stereocenters. The molecule has 1 aliphatic heterocycles. The number of urea groups is 1. The number of likely N-dealkylation sites (tertiary alicyclic amines) is 1. The molecule has 0 spiro atoms. The predicted octanol–water partition coefficient (Wildman–Crippen LogP) is 3.75. The number of hydrogen-bond donors (Lipinski definition) is 2. The fraction of sp³-hybridized carbons (Fsp3) is 0.636. The van der Waals surface area contributed by atoms with Crippen LogP contribution in [0, 0.1) is 17.8 Å². The van der Waals surface area contributed by atoms with E-state index in [2.05, 4.69) is 62.6 Å². The molecule has 1 saturated heterocycles. The van der Waals surface area contributed by atoms with Gasteiger partial charge in [-0.2, -0.15) is 0 Å². The third-order valence-electron chi connectivity index (χ3n) is 5.33. The van der Waals surface area contributed by atoms with Crippen LogP contribution in [0.5, 0.6) is 0 Å². The summed E-state index contributed by atoms with van der Waals surface area (Å²) < 4.78 is 0. The number of benzene rings is 1. The van der Waals surface area contributed by atoms with E-state index in [9.17, 15) is 9.59 Å². The van der Waals surface area contributed by atoms with Crippen molar-refractivity contribution in [3.63, 3.8) is 0 Å². The van der Waals surface area contributed by atoms with Crippen LogP contribution >= 0.6 is 0 Å². The molecule has 27 heavy (non-hydrogen) atoms. The monoisotopic (exact) mass is 373 g/mol. The Labute approximate surface area is 163 Å². The minimum atomic E-state index is -0.0321. The first-order valence-corrected chi connectivity index (χ1v) is 10.2. The standard InChI is InChI=1S/C22H35N3O2/c1-15(2)14-17-6-8-18(9-7-17)20(16(3)4)24-22(27)25-12-10-19(11-13-25)21(26)23-5/h6-9,15-16,19-20H,10-14H2,1-5H3,(H,23,26)(H,24,27). The molecule has 1 aromatic carbocycles. The Balaban J connectivity index is 1.97. The van der Waals surface area contributed by atoms with Crippen molar-refractivity contribution in [2.24, 2.45) is 17.8 Å². The van der Waals surface area contributed by atoms with Gasteiger partial charge in [-0.3, -0.25) is 4.79 Å². The maximum atomic E-state index is 12.8. The molecule has 0 saturated carbocycles. The van der Waals surface area contributed by atoms with Crippen LogP contribution in [0.4, 0.5) is 4.79 Å². The third kappa shape index (κ3) is 5.98. The van der Waals surface area contributed by atoms with E-state index in [1.807, 2.05) is 4.90 Å². The molecule has 1 aromatic rings. The Morgan fingerprint density at radius 3 is 2.15 bits per heavy atom. The number of hydrogen-bond acceptors (Lipinski definition) is 2. The highest BCUT2D eigenvalue weighted by Gasteiger charge is 2.28. The molecule has 1 heterocycles. The number of rotatable bonds is 6. The summed E-state index contributed by atoms with van der Waals surface area (Å²) in [5, 5.41) is 5.91. The number of nitrogens with zero attached hydrogens (tertiary/aromatic N) is 1. The average molecular weight is 374 g/mol. The molecular weight excluding hydrogens is 338 g/mol. The number of carbonyl (C=O) groups excluding carboxylic acids is 2. The van der Waals surface area contributed by atoms with Crippen molar-refractivity contribution < 1.29 is 9.59 Å². The van der Waals surface area contributed by atoms with Gasteiger partial charge in [0.15, 0.2) is 0 Å². The maximum Gasteiger partial charge on any atom is 0.317 e. The Hall–Kier alpha value is -2.04. The lowest BCUT2D eigenvalue weighted by molar-refractivity contribution is -0.125. The van der Waals surface area contributed by atoms with Crippen LogP contribution in [0.2, 0.25) is 0 Å². The van der Waals surface area contributed by atoms with Crippen molar-refractivity contribution in [2.75, 3.05) is 20.1 Å². The van der Waals surface area contributed by atoms with E-state index in [1.54, 1.807) is 7.05 Å². The highest BCUT2D eigenvalue weighted by atomic mass is 16.2. The summed E-state index contributed by atoms with van der Waals surface area (Å²) in [4.78, 5) is 26.4. The molecule has 0 aliphatic carbocycles. The van der Waals surface area contributed by atoms with Gasteiger partial charge in [0.2, 0.25) is 5.91 Å². The molecule has 1 unspecified atom stereocenters.